The summed E-state index contributed by atoms with van der Waals surface area (Å²) in [5.74, 6) is 0. The van der Waals surface area contributed by atoms with Gasteiger partial charge in [-0.05, 0) is 45.5 Å². The van der Waals surface area contributed by atoms with Crippen LogP contribution in [0.2, 0.25) is 0 Å². The van der Waals surface area contributed by atoms with Crippen LogP contribution in [0.15, 0.2) is 34.2 Å². The van der Waals surface area contributed by atoms with Crippen molar-refractivity contribution in [3.63, 3.8) is 0 Å². The Labute approximate surface area is 116 Å². The van der Waals surface area contributed by atoms with E-state index in [4.69, 9.17) is 0 Å². The Balaban J connectivity index is 2.20. The molecule has 0 amide bonds. The van der Waals surface area contributed by atoms with Gasteiger partial charge in [-0.2, -0.15) is 0 Å². The van der Waals surface area contributed by atoms with Gasteiger partial charge in [0.25, 0.3) is 0 Å². The molecule has 0 atom stereocenters. The highest BCUT2D eigenvalue weighted by molar-refractivity contribution is 9.11. The largest absolute Gasteiger partial charge is 0.134 e. The molecule has 18 heavy (non-hydrogen) atoms. The zero-order chi connectivity index (χ0) is 12.3. The van der Waals surface area contributed by atoms with E-state index in [2.05, 4.69) is 60.2 Å². The first-order chi connectivity index (χ1) is 8.72. The van der Waals surface area contributed by atoms with Crippen molar-refractivity contribution in [2.45, 2.75) is 12.8 Å². The molecule has 4 rings (SSSR count). The fourth-order valence-electron chi connectivity index (χ4n) is 3.25. The molecule has 0 unspecified atom stereocenters. The number of allylic oxidation sites excluding steroid dienone is 2. The Morgan fingerprint density at radius 1 is 0.833 bits per heavy atom. The van der Waals surface area contributed by atoms with Crippen molar-refractivity contribution in [2.75, 3.05) is 0 Å². The van der Waals surface area contributed by atoms with Gasteiger partial charge in [0.2, 0.25) is 0 Å². The number of hydrogen-bond acceptors (Lipinski definition) is 0. The lowest BCUT2D eigenvalue weighted by molar-refractivity contribution is 1.23. The monoisotopic (exact) mass is 294 g/mol. The average Bonchev–Trinajstić information content (AvgIpc) is 2.34. The molecular weight excluding hydrogens is 283 g/mol. The molecule has 0 nitrogen and oxygen atoms in total. The Kier molecular flexibility index (Phi) is 2.13. The minimum atomic E-state index is 1.02. The van der Waals surface area contributed by atoms with Gasteiger partial charge in [0.05, 0.1) is 0 Å². The van der Waals surface area contributed by atoms with Crippen LogP contribution >= 0.6 is 15.9 Å². The molecule has 0 saturated carbocycles. The highest BCUT2D eigenvalue weighted by Crippen LogP contribution is 2.39. The van der Waals surface area contributed by atoms with Gasteiger partial charge in [0.15, 0.2) is 0 Å². The second-order valence-electron chi connectivity index (χ2n) is 5.31. The van der Waals surface area contributed by atoms with E-state index in [0.717, 1.165) is 12.8 Å². The summed E-state index contributed by atoms with van der Waals surface area (Å²) in [5.41, 5.74) is 7.14. The number of benzene rings is 2. The number of halogens is 1. The molecule has 2 heteroatoms. The minimum Gasteiger partial charge on any atom is -0.105 e. The molecule has 0 radical (unpaired) electrons. The molecule has 0 N–H and O–H groups in total. The van der Waals surface area contributed by atoms with E-state index >= 15 is 0 Å². The van der Waals surface area contributed by atoms with Crippen molar-refractivity contribution < 1.29 is 0 Å². The summed E-state index contributed by atoms with van der Waals surface area (Å²) in [4.78, 5) is 0. The minimum absolute atomic E-state index is 1.02. The number of hydrogen-bond donors (Lipinski definition) is 0. The topological polar surface area (TPSA) is 0 Å². The lowest BCUT2D eigenvalue weighted by Crippen LogP contribution is -2.04. The molecule has 2 aromatic rings. The predicted molar refractivity (Wildman–Crippen MR) is 84.8 cm³/mol. The molecule has 0 fully saturated rings. The molecule has 0 heterocycles. The Morgan fingerprint density at radius 2 is 1.44 bits per heavy atom. The van der Waals surface area contributed by atoms with Crippen LogP contribution in [0.1, 0.15) is 22.3 Å². The van der Waals surface area contributed by atoms with Gasteiger partial charge in [-0.25, -0.2) is 0 Å². The van der Waals surface area contributed by atoms with Crippen molar-refractivity contribution in [1.29, 1.82) is 0 Å². The molecule has 0 saturated heterocycles. The van der Waals surface area contributed by atoms with Crippen LogP contribution in [0.5, 0.6) is 0 Å². The maximum atomic E-state index is 3.65. The lowest BCUT2D eigenvalue weighted by Gasteiger charge is -2.22. The van der Waals surface area contributed by atoms with Crippen molar-refractivity contribution in [3.05, 3.63) is 56.5 Å². The average molecular weight is 295 g/mol. The van der Waals surface area contributed by atoms with Crippen molar-refractivity contribution >= 4 is 46.7 Å². The SMILES string of the molecule is BC1=Cc2ccc3c4c(ccc(c24)C1)C=C(Br)C3. The Hall–Kier alpha value is -1.28. The van der Waals surface area contributed by atoms with Crippen molar-refractivity contribution in [3.8, 4) is 0 Å². The van der Waals surface area contributed by atoms with Gasteiger partial charge in [0.1, 0.15) is 7.85 Å². The number of rotatable bonds is 0. The lowest BCUT2D eigenvalue weighted by atomic mass is 9.78. The van der Waals surface area contributed by atoms with E-state index in [1.807, 2.05) is 0 Å². The van der Waals surface area contributed by atoms with E-state index in [1.165, 1.54) is 43.0 Å². The van der Waals surface area contributed by atoms with E-state index in [9.17, 15) is 0 Å². The maximum Gasteiger partial charge on any atom is 0.134 e. The summed E-state index contributed by atoms with van der Waals surface area (Å²) in [6.45, 7) is 0. The smallest absolute Gasteiger partial charge is 0.105 e. The van der Waals surface area contributed by atoms with Gasteiger partial charge in [-0.1, -0.05) is 46.3 Å². The molecular formula is C16H12BBr. The second kappa shape index (κ2) is 3.61. The van der Waals surface area contributed by atoms with Crippen LogP contribution in [0.4, 0.5) is 0 Å². The summed E-state index contributed by atoms with van der Waals surface area (Å²) in [6.07, 6.45) is 6.72. The molecule has 2 aromatic carbocycles. The van der Waals surface area contributed by atoms with Crippen molar-refractivity contribution in [1.82, 2.24) is 0 Å². The van der Waals surface area contributed by atoms with E-state index < -0.39 is 0 Å². The standard InChI is InChI=1S/C16H12BBr/c17-13-5-9-1-3-11-7-14(18)8-12-4-2-10(6-13)15(9)16(11)12/h1-5,8H,6-7,17H2. The van der Waals surface area contributed by atoms with Crippen LogP contribution < -0.4 is 0 Å². The van der Waals surface area contributed by atoms with Crippen LogP contribution in [0, 0.1) is 0 Å². The molecule has 86 valence electrons. The summed E-state index contributed by atoms with van der Waals surface area (Å²) >= 11 is 3.65. The van der Waals surface area contributed by atoms with E-state index in [1.54, 1.807) is 0 Å². The normalized spacial score (nSPS) is 16.5. The summed E-state index contributed by atoms with van der Waals surface area (Å²) < 4.78 is 1.28. The van der Waals surface area contributed by atoms with Crippen LogP contribution in [-0.2, 0) is 12.8 Å². The van der Waals surface area contributed by atoms with Crippen LogP contribution in [-0.4, -0.2) is 7.85 Å². The first-order valence-electron chi connectivity index (χ1n) is 6.33. The fourth-order valence-corrected chi connectivity index (χ4v) is 3.80. The summed E-state index contributed by atoms with van der Waals surface area (Å²) in [7, 11) is 2.22. The zero-order valence-corrected chi connectivity index (χ0v) is 11.8. The summed E-state index contributed by atoms with van der Waals surface area (Å²) in [5, 5.41) is 2.95. The Bertz CT molecular complexity index is 688. The van der Waals surface area contributed by atoms with Crippen LogP contribution in [0.25, 0.3) is 22.9 Å². The molecule has 0 aliphatic heterocycles. The van der Waals surface area contributed by atoms with Gasteiger partial charge in [-0.3, -0.25) is 0 Å². The third kappa shape index (κ3) is 1.39. The molecule has 0 spiro atoms. The maximum absolute atomic E-state index is 3.65. The van der Waals surface area contributed by atoms with Gasteiger partial charge >= 0.3 is 0 Å². The predicted octanol–water partition coefficient (Wildman–Crippen LogP) is 3.66. The van der Waals surface area contributed by atoms with E-state index in [-0.39, 0.29) is 0 Å². The highest BCUT2D eigenvalue weighted by atomic mass is 79.9. The third-order valence-electron chi connectivity index (χ3n) is 3.94. The fraction of sp³-hybridized carbons (Fsp3) is 0.125. The first-order valence-corrected chi connectivity index (χ1v) is 7.12. The van der Waals surface area contributed by atoms with Gasteiger partial charge in [-0.15, -0.1) is 5.47 Å². The summed E-state index contributed by atoms with van der Waals surface area (Å²) in [6, 6.07) is 9.13. The van der Waals surface area contributed by atoms with Crippen molar-refractivity contribution in [2.24, 2.45) is 0 Å². The van der Waals surface area contributed by atoms with Crippen LogP contribution in [0.3, 0.4) is 0 Å². The Morgan fingerprint density at radius 3 is 2.17 bits per heavy atom. The third-order valence-corrected chi connectivity index (χ3v) is 4.45. The molecule has 0 aromatic heterocycles. The van der Waals surface area contributed by atoms with Gasteiger partial charge < -0.3 is 0 Å². The molecule has 2 aliphatic rings. The van der Waals surface area contributed by atoms with E-state index in [0.29, 0.717) is 0 Å². The quantitative estimate of drug-likeness (QED) is 0.651. The zero-order valence-electron chi connectivity index (χ0n) is 10.3. The highest BCUT2D eigenvalue weighted by Gasteiger charge is 2.18. The molecule has 2 aliphatic carbocycles. The van der Waals surface area contributed by atoms with Gasteiger partial charge in [0, 0.05) is 10.9 Å². The first kappa shape index (κ1) is 10.6. The molecule has 0 bridgehead atoms. The second-order valence-corrected chi connectivity index (χ2v) is 6.33.